The number of para-hydroxylation sites is 1. The highest BCUT2D eigenvalue weighted by Gasteiger charge is 2.41. The molecule has 1 aromatic rings. The van der Waals surface area contributed by atoms with Crippen LogP contribution in [-0.4, -0.2) is 67.4 Å². The van der Waals surface area contributed by atoms with Crippen molar-refractivity contribution < 1.29 is 14.4 Å². The Morgan fingerprint density at radius 3 is 2.73 bits per heavy atom. The highest BCUT2D eigenvalue weighted by atomic mass is 16.2. The van der Waals surface area contributed by atoms with Gasteiger partial charge in [0.1, 0.15) is 6.04 Å². The van der Waals surface area contributed by atoms with Crippen molar-refractivity contribution >= 4 is 23.5 Å². The number of nitrogens with one attached hydrogen (secondary N) is 1. The molecule has 7 heteroatoms. The lowest BCUT2D eigenvalue weighted by atomic mass is 10.0. The number of imide groups is 1. The van der Waals surface area contributed by atoms with Crippen LogP contribution in [0.25, 0.3) is 0 Å². The lowest BCUT2D eigenvalue weighted by molar-refractivity contribution is -0.131. The maximum atomic E-state index is 12.1. The number of fused-ring (bicyclic) bond motifs is 1. The van der Waals surface area contributed by atoms with Crippen molar-refractivity contribution in [2.45, 2.75) is 31.7 Å². The van der Waals surface area contributed by atoms with Crippen molar-refractivity contribution in [2.75, 3.05) is 38.6 Å². The Labute approximate surface area is 153 Å². The van der Waals surface area contributed by atoms with Crippen molar-refractivity contribution in [1.29, 1.82) is 0 Å². The van der Waals surface area contributed by atoms with Crippen molar-refractivity contribution in [1.82, 2.24) is 15.1 Å². The maximum absolute atomic E-state index is 12.1. The third-order valence-electron chi connectivity index (χ3n) is 5.18. The number of aryl methyl sites for hydroxylation is 1. The topological polar surface area (TPSA) is 73.0 Å². The number of amides is 4. The maximum Gasteiger partial charge on any atom is 0.326 e. The molecule has 0 unspecified atom stereocenters. The molecule has 140 valence electrons. The Morgan fingerprint density at radius 1 is 1.23 bits per heavy atom. The van der Waals surface area contributed by atoms with Gasteiger partial charge in [-0.2, -0.15) is 0 Å². The highest BCUT2D eigenvalue weighted by Crippen LogP contribution is 2.26. The summed E-state index contributed by atoms with van der Waals surface area (Å²) >= 11 is 0. The van der Waals surface area contributed by atoms with E-state index < -0.39 is 6.04 Å². The molecule has 2 aliphatic rings. The van der Waals surface area contributed by atoms with E-state index in [2.05, 4.69) is 34.5 Å². The molecule has 0 radical (unpaired) electrons. The summed E-state index contributed by atoms with van der Waals surface area (Å²) < 4.78 is 0. The third kappa shape index (κ3) is 3.66. The first kappa shape index (κ1) is 18.2. The van der Waals surface area contributed by atoms with Crippen LogP contribution in [0.3, 0.4) is 0 Å². The molecule has 3 rings (SSSR count). The second kappa shape index (κ2) is 7.76. The number of anilines is 1. The van der Waals surface area contributed by atoms with Crippen molar-refractivity contribution in [3.63, 3.8) is 0 Å². The normalized spacial score (nSPS) is 19.8. The van der Waals surface area contributed by atoms with Gasteiger partial charge in [0.2, 0.25) is 5.91 Å². The first-order valence-electron chi connectivity index (χ1n) is 9.13. The molecule has 0 bridgehead atoms. The van der Waals surface area contributed by atoms with Crippen LogP contribution in [0.4, 0.5) is 10.5 Å². The van der Waals surface area contributed by atoms with Gasteiger partial charge in [0.05, 0.1) is 6.42 Å². The lowest BCUT2D eigenvalue weighted by Gasteiger charge is -2.31. The van der Waals surface area contributed by atoms with E-state index in [-0.39, 0.29) is 24.3 Å². The van der Waals surface area contributed by atoms with Gasteiger partial charge in [-0.05, 0) is 30.9 Å². The van der Waals surface area contributed by atoms with E-state index in [1.54, 1.807) is 7.05 Å². The van der Waals surface area contributed by atoms with Crippen molar-refractivity contribution in [3.8, 4) is 0 Å². The van der Waals surface area contributed by atoms with Gasteiger partial charge in [-0.3, -0.25) is 14.5 Å². The van der Waals surface area contributed by atoms with Crippen molar-refractivity contribution in [3.05, 3.63) is 29.8 Å². The Morgan fingerprint density at radius 2 is 2.00 bits per heavy atom. The van der Waals surface area contributed by atoms with Crippen LogP contribution < -0.4 is 10.2 Å². The molecule has 0 aromatic heterocycles. The molecule has 2 aliphatic heterocycles. The van der Waals surface area contributed by atoms with Crippen LogP contribution in [0.1, 0.15) is 24.8 Å². The van der Waals surface area contributed by atoms with E-state index in [4.69, 9.17) is 0 Å². The molecular weight excluding hydrogens is 332 g/mol. The second-order valence-corrected chi connectivity index (χ2v) is 6.93. The Balaban J connectivity index is 1.43. The van der Waals surface area contributed by atoms with Gasteiger partial charge < -0.3 is 15.1 Å². The zero-order valence-corrected chi connectivity index (χ0v) is 15.4. The number of hydrogen-bond acceptors (Lipinski definition) is 4. The van der Waals surface area contributed by atoms with E-state index in [1.807, 2.05) is 0 Å². The summed E-state index contributed by atoms with van der Waals surface area (Å²) in [6.07, 6.45) is 3.13. The fourth-order valence-corrected chi connectivity index (χ4v) is 3.67. The van der Waals surface area contributed by atoms with E-state index in [0.717, 1.165) is 37.3 Å². The highest BCUT2D eigenvalue weighted by molar-refractivity contribution is 6.05. The Hall–Kier alpha value is -2.57. The predicted molar refractivity (Wildman–Crippen MR) is 98.9 cm³/mol. The molecule has 0 aliphatic carbocycles. The molecule has 0 saturated carbocycles. The zero-order chi connectivity index (χ0) is 18.7. The second-order valence-electron chi connectivity index (χ2n) is 6.93. The summed E-state index contributed by atoms with van der Waals surface area (Å²) in [7, 11) is 2.99. The summed E-state index contributed by atoms with van der Waals surface area (Å²) in [6.45, 7) is 2.49. The Bertz CT molecular complexity index is 706. The number of likely N-dealkylation sites (N-methyl/N-ethyl adjacent to an activating group) is 2. The van der Waals surface area contributed by atoms with Crippen molar-refractivity contribution in [2.24, 2.45) is 0 Å². The number of carbonyl (C=O) groups excluding carboxylic acids is 3. The molecule has 7 nitrogen and oxygen atoms in total. The SMILES string of the molecule is CN1C(=O)[C@@H](CC(=O)NCCCN2CCCc3ccccc32)N(C)C1=O. The van der Waals surface area contributed by atoms with Gasteiger partial charge in [0.15, 0.2) is 0 Å². The first-order chi connectivity index (χ1) is 12.5. The number of carbonyl (C=O) groups is 3. The molecule has 0 spiro atoms. The number of nitrogens with zero attached hydrogens (tertiary/aromatic N) is 3. The van der Waals surface area contributed by atoms with Crippen LogP contribution >= 0.6 is 0 Å². The molecule has 1 saturated heterocycles. The van der Waals surface area contributed by atoms with E-state index in [9.17, 15) is 14.4 Å². The molecule has 1 N–H and O–H groups in total. The Kier molecular flexibility index (Phi) is 5.44. The van der Waals surface area contributed by atoms with Crippen LogP contribution in [0, 0.1) is 0 Å². The minimum Gasteiger partial charge on any atom is -0.371 e. The van der Waals surface area contributed by atoms with Crippen LogP contribution in [0.5, 0.6) is 0 Å². The van der Waals surface area contributed by atoms with E-state index >= 15 is 0 Å². The smallest absolute Gasteiger partial charge is 0.326 e. The number of urea groups is 1. The monoisotopic (exact) mass is 358 g/mol. The van der Waals surface area contributed by atoms with Crippen LogP contribution in [0.2, 0.25) is 0 Å². The summed E-state index contributed by atoms with van der Waals surface area (Å²) in [5.74, 6) is -0.519. The van der Waals surface area contributed by atoms with Crippen LogP contribution in [0.15, 0.2) is 24.3 Å². The quantitative estimate of drug-likeness (QED) is 0.613. The van der Waals surface area contributed by atoms with Gasteiger partial charge in [0, 0.05) is 39.4 Å². The fourth-order valence-electron chi connectivity index (χ4n) is 3.67. The van der Waals surface area contributed by atoms with Gasteiger partial charge in [-0.15, -0.1) is 0 Å². The van der Waals surface area contributed by atoms with Gasteiger partial charge >= 0.3 is 6.03 Å². The zero-order valence-electron chi connectivity index (χ0n) is 15.4. The standard InChI is InChI=1S/C19H26N4O3/c1-21-16(18(25)22(2)19(21)26)13-17(24)20-10-6-12-23-11-5-8-14-7-3-4-9-15(14)23/h3-4,7,9,16H,5-6,8,10-13H2,1-2H3,(H,20,24)/t16-/m1/s1. The summed E-state index contributed by atoms with van der Waals surface area (Å²) in [5.41, 5.74) is 2.68. The summed E-state index contributed by atoms with van der Waals surface area (Å²) in [4.78, 5) is 40.6. The molecular formula is C19H26N4O3. The minimum atomic E-state index is -0.693. The molecule has 26 heavy (non-hydrogen) atoms. The number of rotatable bonds is 6. The predicted octanol–water partition coefficient (Wildman–Crippen LogP) is 1.23. The fraction of sp³-hybridized carbons (Fsp3) is 0.526. The van der Waals surface area contributed by atoms with Crippen LogP contribution in [-0.2, 0) is 16.0 Å². The molecule has 2 heterocycles. The van der Waals surface area contributed by atoms with Gasteiger partial charge in [0.25, 0.3) is 5.91 Å². The van der Waals surface area contributed by atoms with E-state index in [0.29, 0.717) is 6.54 Å². The van der Waals surface area contributed by atoms with Gasteiger partial charge in [-0.1, -0.05) is 18.2 Å². The number of hydrogen-bond donors (Lipinski definition) is 1. The van der Waals surface area contributed by atoms with E-state index in [1.165, 1.54) is 23.2 Å². The average Bonchev–Trinajstić information content (AvgIpc) is 2.83. The first-order valence-corrected chi connectivity index (χ1v) is 9.13. The lowest BCUT2D eigenvalue weighted by Crippen LogP contribution is -2.38. The largest absolute Gasteiger partial charge is 0.371 e. The van der Waals surface area contributed by atoms with Gasteiger partial charge in [-0.25, -0.2) is 4.79 Å². The molecule has 4 amide bonds. The molecule has 1 atom stereocenters. The summed E-state index contributed by atoms with van der Waals surface area (Å²) in [5, 5.41) is 2.87. The average molecular weight is 358 g/mol. The molecule has 1 fully saturated rings. The number of benzene rings is 1. The third-order valence-corrected chi connectivity index (χ3v) is 5.18. The minimum absolute atomic E-state index is 0.0119. The molecule has 1 aromatic carbocycles. The summed E-state index contributed by atoms with van der Waals surface area (Å²) in [6, 6.07) is 7.41.